The number of carbonyl (C=O) groups excluding carboxylic acids is 1. The second-order valence-electron chi connectivity index (χ2n) is 4.53. The van der Waals surface area contributed by atoms with Gasteiger partial charge in [0.05, 0.1) is 7.11 Å². The van der Waals surface area contributed by atoms with Crippen LogP contribution >= 0.6 is 0 Å². The number of hydrogen-bond donors (Lipinski definition) is 1. The van der Waals surface area contributed by atoms with E-state index in [9.17, 15) is 4.79 Å². The molecule has 1 unspecified atom stereocenters. The molecule has 0 spiro atoms. The van der Waals surface area contributed by atoms with Crippen molar-refractivity contribution in [3.63, 3.8) is 0 Å². The molecule has 1 atom stereocenters. The van der Waals surface area contributed by atoms with Crippen molar-refractivity contribution in [2.24, 2.45) is 5.41 Å². The minimum Gasteiger partial charge on any atom is -0.468 e. The van der Waals surface area contributed by atoms with E-state index in [1.54, 1.807) is 14.0 Å². The Morgan fingerprint density at radius 1 is 1.40 bits per heavy atom. The average Bonchev–Trinajstić information content (AvgIpc) is 2.22. The zero-order valence-electron chi connectivity index (χ0n) is 10.4. The molecule has 0 heterocycles. The van der Waals surface area contributed by atoms with Gasteiger partial charge in [-0.05, 0) is 18.8 Å². The molecule has 0 saturated carbocycles. The standard InChI is InChI=1S/C11H23NO3/c1-9(10(13)15-5)12-8-11(2,3)6-7-14-4/h9,12H,6-8H2,1-5H3. The van der Waals surface area contributed by atoms with Gasteiger partial charge in [-0.2, -0.15) is 0 Å². The van der Waals surface area contributed by atoms with Gasteiger partial charge in [-0.1, -0.05) is 13.8 Å². The first kappa shape index (κ1) is 14.4. The first-order valence-corrected chi connectivity index (χ1v) is 5.23. The third-order valence-electron chi connectivity index (χ3n) is 2.42. The van der Waals surface area contributed by atoms with E-state index in [1.165, 1.54) is 7.11 Å². The Morgan fingerprint density at radius 3 is 2.47 bits per heavy atom. The van der Waals surface area contributed by atoms with Gasteiger partial charge in [0.25, 0.3) is 0 Å². The highest BCUT2D eigenvalue weighted by molar-refractivity contribution is 5.75. The lowest BCUT2D eigenvalue weighted by atomic mass is 9.89. The summed E-state index contributed by atoms with van der Waals surface area (Å²) in [6.45, 7) is 7.60. The highest BCUT2D eigenvalue weighted by Crippen LogP contribution is 2.18. The van der Waals surface area contributed by atoms with Crippen molar-refractivity contribution >= 4 is 5.97 Å². The van der Waals surface area contributed by atoms with Crippen LogP contribution in [-0.2, 0) is 14.3 Å². The van der Waals surface area contributed by atoms with Crippen molar-refractivity contribution in [1.29, 1.82) is 0 Å². The first-order valence-electron chi connectivity index (χ1n) is 5.23. The predicted octanol–water partition coefficient (Wildman–Crippen LogP) is 1.20. The smallest absolute Gasteiger partial charge is 0.322 e. The van der Waals surface area contributed by atoms with Crippen molar-refractivity contribution in [1.82, 2.24) is 5.32 Å². The fraction of sp³-hybridized carbons (Fsp3) is 0.909. The molecule has 0 aliphatic rings. The van der Waals surface area contributed by atoms with Crippen LogP contribution in [0.15, 0.2) is 0 Å². The molecule has 15 heavy (non-hydrogen) atoms. The minimum atomic E-state index is -0.253. The summed E-state index contributed by atoms with van der Waals surface area (Å²) in [4.78, 5) is 11.1. The molecule has 0 aromatic carbocycles. The summed E-state index contributed by atoms with van der Waals surface area (Å²) in [6, 6.07) is -0.253. The van der Waals surface area contributed by atoms with Crippen molar-refractivity contribution in [3.05, 3.63) is 0 Å². The molecule has 90 valence electrons. The quantitative estimate of drug-likeness (QED) is 0.651. The van der Waals surface area contributed by atoms with Crippen LogP contribution in [0.25, 0.3) is 0 Å². The van der Waals surface area contributed by atoms with E-state index in [-0.39, 0.29) is 17.4 Å². The summed E-state index contributed by atoms with van der Waals surface area (Å²) in [5.41, 5.74) is 0.123. The lowest BCUT2D eigenvalue weighted by Crippen LogP contribution is -2.40. The molecule has 0 bridgehead atoms. The topological polar surface area (TPSA) is 47.6 Å². The fourth-order valence-corrected chi connectivity index (χ4v) is 1.16. The highest BCUT2D eigenvalue weighted by Gasteiger charge is 2.20. The number of ether oxygens (including phenoxy) is 2. The monoisotopic (exact) mass is 217 g/mol. The number of nitrogens with one attached hydrogen (secondary N) is 1. The summed E-state index contributed by atoms with van der Waals surface area (Å²) >= 11 is 0. The number of rotatable bonds is 7. The zero-order valence-corrected chi connectivity index (χ0v) is 10.4. The Kier molecular flexibility index (Phi) is 6.52. The van der Waals surface area contributed by atoms with E-state index in [2.05, 4.69) is 23.9 Å². The molecule has 0 aromatic heterocycles. The van der Waals surface area contributed by atoms with Crippen molar-refractivity contribution in [3.8, 4) is 0 Å². The number of esters is 1. The molecule has 1 N–H and O–H groups in total. The third-order valence-corrected chi connectivity index (χ3v) is 2.42. The van der Waals surface area contributed by atoms with E-state index >= 15 is 0 Å². The molecule has 4 heteroatoms. The van der Waals surface area contributed by atoms with E-state index < -0.39 is 0 Å². The molecule has 0 fully saturated rings. The van der Waals surface area contributed by atoms with Crippen LogP contribution in [-0.4, -0.2) is 39.4 Å². The van der Waals surface area contributed by atoms with Gasteiger partial charge in [-0.25, -0.2) is 0 Å². The molecular formula is C11H23NO3. The van der Waals surface area contributed by atoms with Crippen LogP contribution < -0.4 is 5.32 Å². The third kappa shape index (κ3) is 6.47. The Hall–Kier alpha value is -0.610. The van der Waals surface area contributed by atoms with Crippen molar-refractivity contribution in [2.75, 3.05) is 27.4 Å². The molecule has 4 nitrogen and oxygen atoms in total. The molecule has 0 saturated heterocycles. The van der Waals surface area contributed by atoms with Crippen LogP contribution in [0.4, 0.5) is 0 Å². The number of methoxy groups -OCH3 is 2. The van der Waals surface area contributed by atoms with Gasteiger partial charge in [0, 0.05) is 20.3 Å². The van der Waals surface area contributed by atoms with Gasteiger partial charge >= 0.3 is 5.97 Å². The van der Waals surface area contributed by atoms with E-state index in [0.29, 0.717) is 0 Å². The van der Waals surface area contributed by atoms with Crippen molar-refractivity contribution in [2.45, 2.75) is 33.2 Å². The lowest BCUT2D eigenvalue weighted by Gasteiger charge is -2.26. The zero-order chi connectivity index (χ0) is 11.9. The van der Waals surface area contributed by atoms with Crippen LogP contribution in [0.5, 0.6) is 0 Å². The first-order chi connectivity index (χ1) is 6.93. The van der Waals surface area contributed by atoms with Crippen LogP contribution in [0.1, 0.15) is 27.2 Å². The molecule has 0 aromatic rings. The van der Waals surface area contributed by atoms with Gasteiger partial charge in [0.2, 0.25) is 0 Å². The molecule has 0 amide bonds. The van der Waals surface area contributed by atoms with E-state index in [0.717, 1.165) is 19.6 Å². The Morgan fingerprint density at radius 2 is 2.00 bits per heavy atom. The van der Waals surface area contributed by atoms with Gasteiger partial charge in [0.1, 0.15) is 6.04 Å². The fourth-order valence-electron chi connectivity index (χ4n) is 1.16. The van der Waals surface area contributed by atoms with Crippen LogP contribution in [0.2, 0.25) is 0 Å². The van der Waals surface area contributed by atoms with E-state index in [4.69, 9.17) is 4.74 Å². The average molecular weight is 217 g/mol. The van der Waals surface area contributed by atoms with Crippen molar-refractivity contribution < 1.29 is 14.3 Å². The molecular weight excluding hydrogens is 194 g/mol. The maximum absolute atomic E-state index is 11.1. The Bertz CT molecular complexity index is 192. The van der Waals surface area contributed by atoms with Crippen LogP contribution in [0, 0.1) is 5.41 Å². The Labute approximate surface area is 92.3 Å². The number of carbonyl (C=O) groups is 1. The SMILES string of the molecule is COCCC(C)(C)CNC(C)C(=O)OC. The predicted molar refractivity (Wildman–Crippen MR) is 59.8 cm³/mol. The summed E-state index contributed by atoms with van der Waals surface area (Å²) in [7, 11) is 3.09. The summed E-state index contributed by atoms with van der Waals surface area (Å²) in [5, 5.41) is 3.15. The van der Waals surface area contributed by atoms with Gasteiger partial charge in [-0.15, -0.1) is 0 Å². The van der Waals surface area contributed by atoms with Gasteiger partial charge < -0.3 is 14.8 Å². The largest absolute Gasteiger partial charge is 0.468 e. The maximum Gasteiger partial charge on any atom is 0.322 e. The highest BCUT2D eigenvalue weighted by atomic mass is 16.5. The molecule has 0 rings (SSSR count). The number of hydrogen-bond acceptors (Lipinski definition) is 4. The summed E-state index contributed by atoms with van der Waals surface area (Å²) in [5.74, 6) is -0.224. The molecule has 0 aliphatic heterocycles. The summed E-state index contributed by atoms with van der Waals surface area (Å²) < 4.78 is 9.67. The maximum atomic E-state index is 11.1. The summed E-state index contributed by atoms with van der Waals surface area (Å²) in [6.07, 6.45) is 0.963. The molecule has 0 radical (unpaired) electrons. The second kappa shape index (κ2) is 6.80. The van der Waals surface area contributed by atoms with Gasteiger partial charge in [-0.3, -0.25) is 4.79 Å². The van der Waals surface area contributed by atoms with Crippen LogP contribution in [0.3, 0.4) is 0 Å². The lowest BCUT2D eigenvalue weighted by molar-refractivity contribution is -0.142. The molecule has 0 aliphatic carbocycles. The van der Waals surface area contributed by atoms with Gasteiger partial charge in [0.15, 0.2) is 0 Å². The van der Waals surface area contributed by atoms with E-state index in [1.807, 2.05) is 0 Å². The minimum absolute atomic E-state index is 0.123. The second-order valence-corrected chi connectivity index (χ2v) is 4.53. The normalized spacial score (nSPS) is 13.7. The Balaban J connectivity index is 3.86.